The van der Waals surface area contributed by atoms with E-state index in [9.17, 15) is 4.79 Å². The minimum atomic E-state index is 0.231. The van der Waals surface area contributed by atoms with Crippen molar-refractivity contribution < 1.29 is 9.90 Å². The molecular formula is C11H21NO2. The Bertz CT molecular complexity index is 194. The summed E-state index contributed by atoms with van der Waals surface area (Å²) in [6.07, 6.45) is 2.15. The van der Waals surface area contributed by atoms with E-state index in [1.165, 1.54) is 0 Å². The fourth-order valence-corrected chi connectivity index (χ4v) is 2.05. The van der Waals surface area contributed by atoms with Crippen LogP contribution in [-0.2, 0) is 4.79 Å². The third-order valence-electron chi connectivity index (χ3n) is 2.96. The number of Topliss-reactive ketones (excluding diaryl/α,β-unsaturated/α-hetero) is 1. The van der Waals surface area contributed by atoms with Gasteiger partial charge in [-0.25, -0.2) is 0 Å². The molecule has 2 atom stereocenters. The Morgan fingerprint density at radius 1 is 1.64 bits per heavy atom. The molecule has 1 heterocycles. The number of nitrogens with zero attached hydrogens (tertiary/aromatic N) is 1. The van der Waals surface area contributed by atoms with Gasteiger partial charge in [0.2, 0.25) is 0 Å². The summed E-state index contributed by atoms with van der Waals surface area (Å²) < 4.78 is 0. The van der Waals surface area contributed by atoms with E-state index in [-0.39, 0.29) is 12.5 Å². The van der Waals surface area contributed by atoms with Crippen LogP contribution >= 0.6 is 0 Å². The number of likely N-dealkylation sites (tertiary alicyclic amines) is 1. The van der Waals surface area contributed by atoms with E-state index in [4.69, 9.17) is 5.11 Å². The topological polar surface area (TPSA) is 40.5 Å². The van der Waals surface area contributed by atoms with Gasteiger partial charge in [0.15, 0.2) is 0 Å². The van der Waals surface area contributed by atoms with Gasteiger partial charge in [0.1, 0.15) is 5.78 Å². The Hall–Kier alpha value is -0.410. The molecule has 2 unspecified atom stereocenters. The van der Waals surface area contributed by atoms with Crippen LogP contribution in [0.1, 0.15) is 26.7 Å². The number of carbonyl (C=O) groups excluding carboxylic acids is 1. The highest BCUT2D eigenvalue weighted by molar-refractivity contribution is 5.78. The summed E-state index contributed by atoms with van der Waals surface area (Å²) in [7, 11) is 0. The Labute approximate surface area is 86.1 Å². The fraction of sp³-hybridized carbons (Fsp3) is 0.909. The first-order valence-electron chi connectivity index (χ1n) is 5.47. The Kier molecular flexibility index (Phi) is 4.55. The van der Waals surface area contributed by atoms with Crippen molar-refractivity contribution in [2.24, 2.45) is 11.8 Å². The molecule has 3 nitrogen and oxygen atoms in total. The molecule has 1 aliphatic heterocycles. The van der Waals surface area contributed by atoms with Gasteiger partial charge >= 0.3 is 0 Å². The Balaban J connectivity index is 2.36. The van der Waals surface area contributed by atoms with E-state index >= 15 is 0 Å². The largest absolute Gasteiger partial charge is 0.396 e. The van der Waals surface area contributed by atoms with Gasteiger partial charge in [0.25, 0.3) is 0 Å². The van der Waals surface area contributed by atoms with Gasteiger partial charge in [-0.1, -0.05) is 6.92 Å². The Morgan fingerprint density at radius 3 is 2.93 bits per heavy atom. The molecule has 14 heavy (non-hydrogen) atoms. The lowest BCUT2D eigenvalue weighted by atomic mass is 9.94. The van der Waals surface area contributed by atoms with Crippen LogP contribution in [0.25, 0.3) is 0 Å². The second-order valence-electron chi connectivity index (χ2n) is 4.50. The second kappa shape index (κ2) is 5.47. The van der Waals surface area contributed by atoms with Crippen molar-refractivity contribution in [3.63, 3.8) is 0 Å². The van der Waals surface area contributed by atoms with Crippen molar-refractivity contribution >= 4 is 5.78 Å². The maximum atomic E-state index is 11.2. The fourth-order valence-electron chi connectivity index (χ4n) is 2.05. The highest BCUT2D eigenvalue weighted by Crippen LogP contribution is 2.17. The number of aliphatic hydroxyl groups is 1. The minimum absolute atomic E-state index is 0.231. The third kappa shape index (κ3) is 3.39. The molecule has 3 heteroatoms. The van der Waals surface area contributed by atoms with Crippen molar-refractivity contribution in [1.29, 1.82) is 0 Å². The molecule has 1 aliphatic rings. The molecule has 1 saturated heterocycles. The van der Waals surface area contributed by atoms with E-state index in [2.05, 4.69) is 4.90 Å². The van der Waals surface area contributed by atoms with Gasteiger partial charge < -0.3 is 10.0 Å². The first kappa shape index (κ1) is 11.7. The summed E-state index contributed by atoms with van der Waals surface area (Å²) in [6.45, 7) is 6.84. The number of aliphatic hydroxyl groups excluding tert-OH is 1. The van der Waals surface area contributed by atoms with Crippen LogP contribution in [0.5, 0.6) is 0 Å². The van der Waals surface area contributed by atoms with Gasteiger partial charge in [-0.15, -0.1) is 0 Å². The van der Waals surface area contributed by atoms with E-state index in [1.807, 2.05) is 6.92 Å². The molecule has 0 amide bonds. The van der Waals surface area contributed by atoms with Crippen molar-refractivity contribution in [3.05, 3.63) is 0 Å². The number of hydrogen-bond donors (Lipinski definition) is 1. The summed E-state index contributed by atoms with van der Waals surface area (Å²) in [5.74, 6) is 0.863. The first-order chi connectivity index (χ1) is 6.63. The number of carbonyl (C=O) groups is 1. The molecule has 1 N–H and O–H groups in total. The minimum Gasteiger partial charge on any atom is -0.396 e. The number of piperidine rings is 1. The molecule has 82 valence electrons. The van der Waals surface area contributed by atoms with Crippen molar-refractivity contribution in [2.75, 3.05) is 26.2 Å². The predicted molar refractivity (Wildman–Crippen MR) is 56.1 cm³/mol. The third-order valence-corrected chi connectivity index (χ3v) is 2.96. The van der Waals surface area contributed by atoms with E-state index in [0.717, 1.165) is 32.5 Å². The highest BCUT2D eigenvalue weighted by atomic mass is 16.3. The molecule has 0 bridgehead atoms. The van der Waals surface area contributed by atoms with Gasteiger partial charge in [-0.2, -0.15) is 0 Å². The maximum absolute atomic E-state index is 11.2. The smallest absolute Gasteiger partial charge is 0.134 e. The summed E-state index contributed by atoms with van der Waals surface area (Å²) in [6, 6.07) is 0. The molecule has 0 aromatic heterocycles. The van der Waals surface area contributed by atoms with Crippen molar-refractivity contribution in [1.82, 2.24) is 4.90 Å². The summed E-state index contributed by atoms with van der Waals surface area (Å²) in [5.41, 5.74) is 0. The lowest BCUT2D eigenvalue weighted by Gasteiger charge is -2.32. The molecule has 1 rings (SSSR count). The second-order valence-corrected chi connectivity index (χ2v) is 4.50. The quantitative estimate of drug-likeness (QED) is 0.732. The van der Waals surface area contributed by atoms with Gasteiger partial charge in [0.05, 0.1) is 0 Å². The molecule has 0 aromatic rings. The zero-order valence-electron chi connectivity index (χ0n) is 9.20. The SMILES string of the molecule is CC(=O)C1CCCN(CC(C)CO)C1. The molecule has 0 aromatic carbocycles. The van der Waals surface area contributed by atoms with Crippen molar-refractivity contribution in [3.8, 4) is 0 Å². The summed E-state index contributed by atoms with van der Waals surface area (Å²) in [5, 5.41) is 8.95. The average Bonchev–Trinajstić information content (AvgIpc) is 2.18. The van der Waals surface area contributed by atoms with Gasteiger partial charge in [0, 0.05) is 25.6 Å². The monoisotopic (exact) mass is 199 g/mol. The van der Waals surface area contributed by atoms with Crippen LogP contribution in [0.2, 0.25) is 0 Å². The van der Waals surface area contributed by atoms with Crippen molar-refractivity contribution in [2.45, 2.75) is 26.7 Å². The average molecular weight is 199 g/mol. The molecule has 0 aliphatic carbocycles. The maximum Gasteiger partial charge on any atom is 0.134 e. The normalized spacial score (nSPS) is 26.1. The lowest BCUT2D eigenvalue weighted by molar-refractivity contribution is -0.122. The standard InChI is InChI=1S/C11H21NO2/c1-9(8-13)6-12-5-3-4-11(7-12)10(2)14/h9,11,13H,3-8H2,1-2H3. The van der Waals surface area contributed by atoms with Crippen LogP contribution in [0.4, 0.5) is 0 Å². The molecule has 0 saturated carbocycles. The Morgan fingerprint density at radius 2 is 2.36 bits per heavy atom. The van der Waals surface area contributed by atoms with Gasteiger partial charge in [-0.3, -0.25) is 4.79 Å². The van der Waals surface area contributed by atoms with Crippen LogP contribution in [-0.4, -0.2) is 42.0 Å². The van der Waals surface area contributed by atoms with E-state index < -0.39 is 0 Å². The van der Waals surface area contributed by atoms with E-state index in [1.54, 1.807) is 6.92 Å². The predicted octanol–water partition coefficient (Wildman–Crippen LogP) is 0.916. The van der Waals surface area contributed by atoms with Gasteiger partial charge in [-0.05, 0) is 32.2 Å². The van der Waals surface area contributed by atoms with Crippen LogP contribution in [0.15, 0.2) is 0 Å². The lowest BCUT2D eigenvalue weighted by Crippen LogP contribution is -2.40. The summed E-state index contributed by atoms with van der Waals surface area (Å²) in [4.78, 5) is 13.5. The van der Waals surface area contributed by atoms with Crippen LogP contribution < -0.4 is 0 Å². The molecule has 0 spiro atoms. The zero-order valence-corrected chi connectivity index (χ0v) is 9.20. The first-order valence-corrected chi connectivity index (χ1v) is 5.47. The zero-order chi connectivity index (χ0) is 10.6. The molecular weight excluding hydrogens is 178 g/mol. The number of ketones is 1. The molecule has 1 fully saturated rings. The summed E-state index contributed by atoms with van der Waals surface area (Å²) >= 11 is 0. The number of hydrogen-bond acceptors (Lipinski definition) is 3. The highest BCUT2D eigenvalue weighted by Gasteiger charge is 2.23. The van der Waals surface area contributed by atoms with E-state index in [0.29, 0.717) is 11.7 Å². The van der Waals surface area contributed by atoms with Crippen LogP contribution in [0.3, 0.4) is 0 Å². The number of rotatable bonds is 4. The molecule has 0 radical (unpaired) electrons. The van der Waals surface area contributed by atoms with Crippen LogP contribution in [0, 0.1) is 11.8 Å².